The van der Waals surface area contributed by atoms with Crippen LogP contribution < -0.4 is 0 Å². The van der Waals surface area contributed by atoms with Gasteiger partial charge in [-0.2, -0.15) is 5.26 Å². The number of nitrogens with zero attached hydrogens (tertiary/aromatic N) is 2. The molecule has 96 valence electrons. The van der Waals surface area contributed by atoms with Crippen molar-refractivity contribution in [2.75, 3.05) is 13.1 Å². The van der Waals surface area contributed by atoms with E-state index < -0.39 is 23.1 Å². The number of benzene rings is 1. The zero-order valence-electron chi connectivity index (χ0n) is 9.71. The van der Waals surface area contributed by atoms with Crippen LogP contribution in [-0.4, -0.2) is 23.9 Å². The summed E-state index contributed by atoms with van der Waals surface area (Å²) in [6.07, 6.45) is 0.616. The fraction of sp³-hybridized carbons (Fsp3) is 0.333. The van der Waals surface area contributed by atoms with Gasteiger partial charge in [0.05, 0.1) is 16.7 Å². The van der Waals surface area contributed by atoms with Gasteiger partial charge in [-0.25, -0.2) is 8.78 Å². The summed E-state index contributed by atoms with van der Waals surface area (Å²) in [4.78, 5) is 13.1. The molecule has 3 nitrogen and oxygen atoms in total. The molecule has 1 rings (SSSR count). The minimum absolute atomic E-state index is 0.170. The first-order valence-electron chi connectivity index (χ1n) is 5.32. The molecule has 0 aromatic heterocycles. The van der Waals surface area contributed by atoms with E-state index in [1.165, 1.54) is 0 Å². The number of amides is 1. The third kappa shape index (κ3) is 3.17. The summed E-state index contributed by atoms with van der Waals surface area (Å²) >= 11 is 5.40. The number of carbonyl (C=O) groups excluding carboxylic acids is 1. The highest BCUT2D eigenvalue weighted by molar-refractivity contribution is 6.30. The van der Waals surface area contributed by atoms with Gasteiger partial charge in [0.15, 0.2) is 0 Å². The predicted molar refractivity (Wildman–Crippen MR) is 63.2 cm³/mol. The molecule has 0 atom stereocenters. The lowest BCUT2D eigenvalue weighted by Gasteiger charge is -2.19. The molecule has 1 aromatic carbocycles. The van der Waals surface area contributed by atoms with Crippen molar-refractivity contribution in [2.24, 2.45) is 0 Å². The fourth-order valence-corrected chi connectivity index (χ4v) is 1.61. The van der Waals surface area contributed by atoms with E-state index in [0.717, 1.165) is 17.0 Å². The van der Waals surface area contributed by atoms with Crippen LogP contribution in [0.15, 0.2) is 12.1 Å². The molecule has 6 heteroatoms. The van der Waals surface area contributed by atoms with Crippen LogP contribution in [0.5, 0.6) is 0 Å². The molecule has 0 aliphatic heterocycles. The smallest absolute Gasteiger partial charge is 0.257 e. The Bertz CT molecular complexity index is 500. The summed E-state index contributed by atoms with van der Waals surface area (Å²) in [5, 5.41) is 8.21. The standard InChI is InChI=1S/C12H11ClF2N2O/c1-2-4-17(5-3-16)12(18)8-6-11(15)9(13)7-10(8)14/h6-7H,2,4-5H2,1H3. The average Bonchev–Trinajstić information content (AvgIpc) is 2.33. The molecule has 0 aliphatic rings. The van der Waals surface area contributed by atoms with Crippen LogP contribution in [0.2, 0.25) is 5.02 Å². The maximum Gasteiger partial charge on any atom is 0.257 e. The van der Waals surface area contributed by atoms with Crippen LogP contribution >= 0.6 is 11.6 Å². The van der Waals surface area contributed by atoms with Gasteiger partial charge in [-0.15, -0.1) is 0 Å². The van der Waals surface area contributed by atoms with Gasteiger partial charge in [0, 0.05) is 6.54 Å². The van der Waals surface area contributed by atoms with Crippen LogP contribution in [0.1, 0.15) is 23.7 Å². The van der Waals surface area contributed by atoms with Crippen LogP contribution in [0, 0.1) is 23.0 Å². The van der Waals surface area contributed by atoms with Crippen molar-refractivity contribution < 1.29 is 13.6 Å². The van der Waals surface area contributed by atoms with Crippen molar-refractivity contribution in [2.45, 2.75) is 13.3 Å². The minimum atomic E-state index is -0.898. The molecule has 0 radical (unpaired) electrons. The number of nitriles is 1. The molecular formula is C12H11ClF2N2O. The Labute approximate surface area is 109 Å². The second-order valence-electron chi connectivity index (χ2n) is 3.63. The minimum Gasteiger partial charge on any atom is -0.325 e. The largest absolute Gasteiger partial charge is 0.325 e. The monoisotopic (exact) mass is 272 g/mol. The van der Waals surface area contributed by atoms with E-state index in [9.17, 15) is 13.6 Å². The normalized spacial score (nSPS) is 9.94. The first-order chi connectivity index (χ1) is 8.51. The maximum absolute atomic E-state index is 13.5. The molecule has 0 N–H and O–H groups in total. The van der Waals surface area contributed by atoms with Crippen molar-refractivity contribution in [1.82, 2.24) is 4.90 Å². The Kier molecular flexibility index (Phi) is 5.05. The van der Waals surface area contributed by atoms with Gasteiger partial charge in [0.25, 0.3) is 5.91 Å². The molecule has 0 aliphatic carbocycles. The summed E-state index contributed by atoms with van der Waals surface area (Å²) in [6.45, 7) is 1.95. The number of carbonyl (C=O) groups is 1. The average molecular weight is 273 g/mol. The third-order valence-corrected chi connectivity index (χ3v) is 2.57. The van der Waals surface area contributed by atoms with Gasteiger partial charge in [-0.3, -0.25) is 4.79 Å². The molecule has 0 heterocycles. The van der Waals surface area contributed by atoms with Gasteiger partial charge in [-0.05, 0) is 18.6 Å². The number of hydrogen-bond donors (Lipinski definition) is 0. The second kappa shape index (κ2) is 6.31. The van der Waals surface area contributed by atoms with E-state index >= 15 is 0 Å². The van der Waals surface area contributed by atoms with Crippen molar-refractivity contribution >= 4 is 17.5 Å². The Morgan fingerprint density at radius 1 is 1.44 bits per heavy atom. The molecule has 0 saturated heterocycles. The van der Waals surface area contributed by atoms with Crippen LogP contribution in [0.3, 0.4) is 0 Å². The molecule has 0 fully saturated rings. The van der Waals surface area contributed by atoms with Crippen LogP contribution in [0.4, 0.5) is 8.78 Å². The summed E-state index contributed by atoms with van der Waals surface area (Å²) in [6, 6.07) is 3.31. The lowest BCUT2D eigenvalue weighted by molar-refractivity contribution is 0.0771. The summed E-state index contributed by atoms with van der Waals surface area (Å²) in [5.41, 5.74) is -0.416. The zero-order chi connectivity index (χ0) is 13.7. The Hall–Kier alpha value is -1.67. The first-order valence-corrected chi connectivity index (χ1v) is 5.69. The summed E-state index contributed by atoms with van der Waals surface area (Å²) in [7, 11) is 0. The number of halogens is 3. The van der Waals surface area contributed by atoms with Crippen LogP contribution in [-0.2, 0) is 0 Å². The van der Waals surface area contributed by atoms with Crippen molar-refractivity contribution in [3.8, 4) is 6.07 Å². The van der Waals surface area contributed by atoms with Gasteiger partial charge < -0.3 is 4.90 Å². The molecule has 1 amide bonds. The van der Waals surface area contributed by atoms with Crippen LogP contribution in [0.25, 0.3) is 0 Å². The molecule has 18 heavy (non-hydrogen) atoms. The maximum atomic E-state index is 13.5. The molecule has 0 unspecified atom stereocenters. The van der Waals surface area contributed by atoms with E-state index in [1.54, 1.807) is 0 Å². The fourth-order valence-electron chi connectivity index (χ4n) is 1.46. The lowest BCUT2D eigenvalue weighted by atomic mass is 10.1. The van der Waals surface area contributed by atoms with Gasteiger partial charge in [-0.1, -0.05) is 18.5 Å². The van der Waals surface area contributed by atoms with E-state index in [4.69, 9.17) is 16.9 Å². The van der Waals surface area contributed by atoms with Gasteiger partial charge >= 0.3 is 0 Å². The third-order valence-electron chi connectivity index (χ3n) is 2.28. The first kappa shape index (κ1) is 14.4. The zero-order valence-corrected chi connectivity index (χ0v) is 10.5. The SMILES string of the molecule is CCCN(CC#N)C(=O)c1cc(F)c(Cl)cc1F. The van der Waals surface area contributed by atoms with Crippen molar-refractivity contribution in [3.05, 3.63) is 34.4 Å². The Morgan fingerprint density at radius 2 is 2.11 bits per heavy atom. The highest BCUT2D eigenvalue weighted by Crippen LogP contribution is 2.20. The molecule has 1 aromatic rings. The van der Waals surface area contributed by atoms with Crippen molar-refractivity contribution in [3.63, 3.8) is 0 Å². The van der Waals surface area contributed by atoms with E-state index in [1.807, 2.05) is 13.0 Å². The molecule has 0 bridgehead atoms. The topological polar surface area (TPSA) is 44.1 Å². The Morgan fingerprint density at radius 3 is 2.67 bits per heavy atom. The van der Waals surface area contributed by atoms with Gasteiger partial charge in [0.2, 0.25) is 0 Å². The van der Waals surface area contributed by atoms with Crippen molar-refractivity contribution in [1.29, 1.82) is 5.26 Å². The number of hydrogen-bond acceptors (Lipinski definition) is 2. The number of rotatable bonds is 4. The quantitative estimate of drug-likeness (QED) is 0.625. The highest BCUT2D eigenvalue weighted by atomic mass is 35.5. The predicted octanol–water partition coefficient (Wildman–Crippen LogP) is 2.99. The Balaban J connectivity index is 3.09. The summed E-state index contributed by atoms with van der Waals surface area (Å²) in [5.74, 6) is -2.48. The molecule has 0 saturated carbocycles. The van der Waals surface area contributed by atoms with E-state index in [-0.39, 0.29) is 11.6 Å². The van der Waals surface area contributed by atoms with Gasteiger partial charge in [0.1, 0.15) is 18.2 Å². The van der Waals surface area contributed by atoms with E-state index in [0.29, 0.717) is 13.0 Å². The molecule has 0 spiro atoms. The summed E-state index contributed by atoms with van der Waals surface area (Å²) < 4.78 is 26.8. The lowest BCUT2D eigenvalue weighted by Crippen LogP contribution is -2.32. The highest BCUT2D eigenvalue weighted by Gasteiger charge is 2.20. The van der Waals surface area contributed by atoms with E-state index in [2.05, 4.69) is 0 Å². The molecular weight excluding hydrogens is 262 g/mol. The second-order valence-corrected chi connectivity index (χ2v) is 4.04.